The second-order valence-electron chi connectivity index (χ2n) is 12.2. The Bertz CT molecular complexity index is 1820. The normalized spacial score (nSPS) is 14.3. The first-order valence-electron chi connectivity index (χ1n) is 15.6. The fourth-order valence-electron chi connectivity index (χ4n) is 6.36. The summed E-state index contributed by atoms with van der Waals surface area (Å²) in [6, 6.07) is 33.4. The Morgan fingerprint density at radius 2 is 1.41 bits per heavy atom. The Morgan fingerprint density at radius 3 is 2.02 bits per heavy atom. The Balaban J connectivity index is 1.07. The van der Waals surface area contributed by atoms with Crippen molar-refractivity contribution in [3.05, 3.63) is 146 Å². The number of aromatic amines is 1. The molecular formula is C38H39N3O2S. The lowest BCUT2D eigenvalue weighted by atomic mass is 9.84. The van der Waals surface area contributed by atoms with E-state index in [1.165, 1.54) is 27.8 Å². The number of nitrogens with one attached hydrogen (secondary N) is 1. The minimum atomic E-state index is -0.0538. The summed E-state index contributed by atoms with van der Waals surface area (Å²) >= 11 is 5.48. The average Bonchev–Trinajstić information content (AvgIpc) is 3.05. The van der Waals surface area contributed by atoms with Crippen LogP contribution in [0.1, 0.15) is 56.9 Å². The van der Waals surface area contributed by atoms with Crippen molar-refractivity contribution in [1.29, 1.82) is 0 Å². The van der Waals surface area contributed by atoms with E-state index in [1.54, 1.807) is 4.57 Å². The van der Waals surface area contributed by atoms with Gasteiger partial charge in [0.2, 0.25) is 0 Å². The maximum Gasteiger partial charge on any atom is 0.262 e. The maximum absolute atomic E-state index is 13.5. The van der Waals surface area contributed by atoms with Crippen molar-refractivity contribution in [3.8, 4) is 0 Å². The second-order valence-corrected chi connectivity index (χ2v) is 12.6. The Labute approximate surface area is 264 Å². The lowest BCUT2D eigenvalue weighted by Crippen LogP contribution is -2.39. The predicted octanol–water partition coefficient (Wildman–Crippen LogP) is 7.65. The topological polar surface area (TPSA) is 58.1 Å². The molecule has 0 spiro atoms. The highest BCUT2D eigenvalue weighted by Gasteiger charge is 2.26. The van der Waals surface area contributed by atoms with E-state index in [-0.39, 0.29) is 23.2 Å². The summed E-state index contributed by atoms with van der Waals surface area (Å²) in [7, 11) is 0. The third-order valence-corrected chi connectivity index (χ3v) is 9.45. The lowest BCUT2D eigenvalue weighted by Gasteiger charge is -2.31. The molecule has 1 aliphatic heterocycles. The number of carbonyl (C=O) groups excluding carboxylic acids is 1. The van der Waals surface area contributed by atoms with Crippen LogP contribution < -0.4 is 5.56 Å². The summed E-state index contributed by atoms with van der Waals surface area (Å²) < 4.78 is 2.10. The van der Waals surface area contributed by atoms with Crippen molar-refractivity contribution in [2.24, 2.45) is 5.92 Å². The Hall–Kier alpha value is -4.13. The molecule has 0 bridgehead atoms. The number of Topliss-reactive ketones (excluding diaryl/α,β-unsaturated/α-hetero) is 1. The van der Waals surface area contributed by atoms with Gasteiger partial charge in [0.15, 0.2) is 10.6 Å². The number of benzene rings is 4. The molecule has 0 radical (unpaired) electrons. The fourth-order valence-corrected chi connectivity index (χ4v) is 6.65. The largest absolute Gasteiger partial charge is 0.332 e. The molecule has 1 aliphatic rings. The molecule has 0 amide bonds. The van der Waals surface area contributed by atoms with E-state index in [9.17, 15) is 9.59 Å². The lowest BCUT2D eigenvalue weighted by molar-refractivity contribution is 0.0837. The van der Waals surface area contributed by atoms with Crippen molar-refractivity contribution in [1.82, 2.24) is 14.5 Å². The van der Waals surface area contributed by atoms with E-state index in [2.05, 4.69) is 84.4 Å². The van der Waals surface area contributed by atoms with Crippen LogP contribution in [0.4, 0.5) is 0 Å². The molecule has 1 saturated heterocycles. The van der Waals surface area contributed by atoms with Gasteiger partial charge in [-0.1, -0.05) is 96.1 Å². The first-order valence-corrected chi connectivity index (χ1v) is 16.0. The van der Waals surface area contributed by atoms with Crippen molar-refractivity contribution in [3.63, 3.8) is 0 Å². The number of hydrogen-bond donors (Lipinski definition) is 1. The maximum atomic E-state index is 13.5. The van der Waals surface area contributed by atoms with Crippen LogP contribution in [0.25, 0.3) is 10.9 Å². The molecule has 0 aliphatic carbocycles. The Morgan fingerprint density at radius 1 is 0.818 bits per heavy atom. The molecule has 44 heavy (non-hydrogen) atoms. The van der Waals surface area contributed by atoms with Crippen molar-refractivity contribution < 1.29 is 4.79 Å². The summed E-state index contributed by atoms with van der Waals surface area (Å²) in [6.45, 7) is 7.17. The number of aryl methyl sites for hydroxylation is 2. The third kappa shape index (κ3) is 6.67. The number of H-pyrrole nitrogens is 1. The number of piperidine rings is 1. The van der Waals surface area contributed by atoms with Gasteiger partial charge in [0, 0.05) is 30.5 Å². The van der Waals surface area contributed by atoms with Gasteiger partial charge < -0.3 is 9.88 Å². The smallest absolute Gasteiger partial charge is 0.262 e. The number of rotatable bonds is 9. The molecular weight excluding hydrogens is 563 g/mol. The van der Waals surface area contributed by atoms with E-state index in [0.29, 0.717) is 16.7 Å². The van der Waals surface area contributed by atoms with Gasteiger partial charge in [-0.25, -0.2) is 0 Å². The minimum absolute atomic E-state index is 0.0243. The number of ketones is 1. The first kappa shape index (κ1) is 29.9. The molecule has 2 heterocycles. The highest BCUT2D eigenvalue weighted by Crippen LogP contribution is 2.30. The van der Waals surface area contributed by atoms with Gasteiger partial charge in [-0.3, -0.25) is 14.2 Å². The van der Waals surface area contributed by atoms with E-state index in [4.69, 9.17) is 12.2 Å². The molecule has 4 aromatic carbocycles. The summed E-state index contributed by atoms with van der Waals surface area (Å²) in [4.78, 5) is 32.0. The molecule has 0 unspecified atom stereocenters. The SMILES string of the molecule is Cc1ccc(C(Cc2ccc(C(=O)C3CCN(CCn4c(=S)[nH]c5ccccc5c4=O)CC3)cc2)c2ccc(C)cc2)cc1. The second kappa shape index (κ2) is 13.2. The quantitative estimate of drug-likeness (QED) is 0.139. The van der Waals surface area contributed by atoms with Gasteiger partial charge in [0.25, 0.3) is 5.56 Å². The van der Waals surface area contributed by atoms with Crippen molar-refractivity contribution >= 4 is 28.9 Å². The van der Waals surface area contributed by atoms with Crippen LogP contribution >= 0.6 is 12.2 Å². The highest BCUT2D eigenvalue weighted by molar-refractivity contribution is 7.71. The highest BCUT2D eigenvalue weighted by atomic mass is 32.1. The fraction of sp³-hybridized carbons (Fsp3) is 0.289. The number of likely N-dealkylation sites (tertiary alicyclic amines) is 1. The van der Waals surface area contributed by atoms with Crippen LogP contribution in [0, 0.1) is 24.5 Å². The van der Waals surface area contributed by atoms with Gasteiger partial charge in [-0.05, 0) is 87.2 Å². The summed E-state index contributed by atoms with van der Waals surface area (Å²) in [5.41, 5.74) is 7.86. The molecule has 0 atom stereocenters. The molecule has 5 nitrogen and oxygen atoms in total. The zero-order valence-electron chi connectivity index (χ0n) is 25.5. The van der Waals surface area contributed by atoms with Crippen LogP contribution in [0.5, 0.6) is 0 Å². The van der Waals surface area contributed by atoms with Crippen LogP contribution in [0.3, 0.4) is 0 Å². The number of aromatic nitrogens is 2. The van der Waals surface area contributed by atoms with E-state index >= 15 is 0 Å². The van der Waals surface area contributed by atoms with Gasteiger partial charge in [-0.15, -0.1) is 0 Å². The Kier molecular flexibility index (Phi) is 9.01. The number of para-hydroxylation sites is 1. The number of fused-ring (bicyclic) bond motifs is 1. The standard InChI is InChI=1S/C38H39N3O2S/c1-26-7-13-29(14-8-26)34(30-15-9-27(2)10-16-30)25-28-11-17-31(18-12-28)36(42)32-19-21-40(22-20-32)23-24-41-37(43)33-5-3-4-6-35(33)39-38(41)44/h3-18,32,34H,19-25H2,1-2H3,(H,39,44). The molecule has 5 aromatic rings. The van der Waals surface area contributed by atoms with Crippen LogP contribution in [0.2, 0.25) is 0 Å². The van der Waals surface area contributed by atoms with E-state index < -0.39 is 0 Å². The van der Waals surface area contributed by atoms with Gasteiger partial charge >= 0.3 is 0 Å². The number of nitrogens with zero attached hydrogens (tertiary/aromatic N) is 2. The zero-order valence-corrected chi connectivity index (χ0v) is 26.3. The van der Waals surface area contributed by atoms with Crippen LogP contribution in [-0.4, -0.2) is 39.9 Å². The summed E-state index contributed by atoms with van der Waals surface area (Å²) in [5.74, 6) is 0.511. The molecule has 224 valence electrons. The summed E-state index contributed by atoms with van der Waals surface area (Å²) in [5, 5.41) is 0.650. The van der Waals surface area contributed by atoms with Crippen LogP contribution in [-0.2, 0) is 13.0 Å². The average molecular weight is 602 g/mol. The van der Waals surface area contributed by atoms with E-state index in [0.717, 1.165) is 50.0 Å². The van der Waals surface area contributed by atoms with Crippen molar-refractivity contribution in [2.45, 2.75) is 45.6 Å². The molecule has 1 fully saturated rings. The van der Waals surface area contributed by atoms with Crippen molar-refractivity contribution in [2.75, 3.05) is 19.6 Å². The minimum Gasteiger partial charge on any atom is -0.332 e. The predicted molar refractivity (Wildman–Crippen MR) is 181 cm³/mol. The summed E-state index contributed by atoms with van der Waals surface area (Å²) in [6.07, 6.45) is 2.52. The molecule has 0 saturated carbocycles. The van der Waals surface area contributed by atoms with Gasteiger partial charge in [0.05, 0.1) is 10.9 Å². The molecule has 6 rings (SSSR count). The number of hydrogen-bond acceptors (Lipinski definition) is 4. The molecule has 1 aromatic heterocycles. The van der Waals surface area contributed by atoms with E-state index in [1.807, 2.05) is 36.4 Å². The molecule has 6 heteroatoms. The molecule has 1 N–H and O–H groups in total. The van der Waals surface area contributed by atoms with Gasteiger partial charge in [0.1, 0.15) is 0 Å². The zero-order chi connectivity index (χ0) is 30.6. The monoisotopic (exact) mass is 601 g/mol. The first-order chi connectivity index (χ1) is 21.4. The van der Waals surface area contributed by atoms with Crippen LogP contribution in [0.15, 0.2) is 102 Å². The third-order valence-electron chi connectivity index (χ3n) is 9.13. The number of carbonyl (C=O) groups is 1. The van der Waals surface area contributed by atoms with Gasteiger partial charge in [-0.2, -0.15) is 0 Å².